The summed E-state index contributed by atoms with van der Waals surface area (Å²) in [6.45, 7) is 4.50. The lowest BCUT2D eigenvalue weighted by Gasteiger charge is -2.34. The SMILES string of the molecule is CC(C)C(=O)N1CCN(S(=O)(=O)c2cc(Cl)ccc2F)CC1. The van der Waals surface area contributed by atoms with Crippen molar-refractivity contribution in [1.29, 1.82) is 0 Å². The van der Waals surface area contributed by atoms with Gasteiger partial charge in [0.15, 0.2) is 0 Å². The lowest BCUT2D eigenvalue weighted by Crippen LogP contribution is -2.51. The van der Waals surface area contributed by atoms with E-state index in [0.29, 0.717) is 13.1 Å². The average molecular weight is 349 g/mol. The van der Waals surface area contributed by atoms with Crippen LogP contribution in [0.4, 0.5) is 4.39 Å². The molecule has 0 spiro atoms. The van der Waals surface area contributed by atoms with Gasteiger partial charge in [-0.15, -0.1) is 0 Å². The molecule has 1 aromatic carbocycles. The second-order valence-electron chi connectivity index (χ2n) is 5.46. The number of piperazine rings is 1. The summed E-state index contributed by atoms with van der Waals surface area (Å²) in [5, 5.41) is 0.161. The zero-order valence-electron chi connectivity index (χ0n) is 12.4. The van der Waals surface area contributed by atoms with Gasteiger partial charge < -0.3 is 4.90 Å². The van der Waals surface area contributed by atoms with Gasteiger partial charge in [-0.25, -0.2) is 12.8 Å². The normalized spacial score (nSPS) is 17.0. The first kappa shape index (κ1) is 17.2. The van der Waals surface area contributed by atoms with Crippen LogP contribution in [0, 0.1) is 11.7 Å². The van der Waals surface area contributed by atoms with E-state index in [9.17, 15) is 17.6 Å². The van der Waals surface area contributed by atoms with Crippen molar-refractivity contribution in [2.45, 2.75) is 18.7 Å². The number of rotatable bonds is 3. The van der Waals surface area contributed by atoms with Gasteiger partial charge in [-0.1, -0.05) is 25.4 Å². The molecule has 0 unspecified atom stereocenters. The second kappa shape index (κ2) is 6.52. The van der Waals surface area contributed by atoms with Gasteiger partial charge in [0.05, 0.1) is 0 Å². The molecule has 8 heteroatoms. The number of carbonyl (C=O) groups is 1. The van der Waals surface area contributed by atoms with E-state index in [1.165, 1.54) is 10.4 Å². The van der Waals surface area contributed by atoms with Crippen molar-refractivity contribution in [3.8, 4) is 0 Å². The minimum absolute atomic E-state index is 0.00835. The van der Waals surface area contributed by atoms with E-state index in [1.54, 1.807) is 18.7 Å². The smallest absolute Gasteiger partial charge is 0.246 e. The van der Waals surface area contributed by atoms with Crippen LogP contribution >= 0.6 is 11.6 Å². The molecule has 0 aliphatic carbocycles. The first-order chi connectivity index (χ1) is 10.2. The molecule has 122 valence electrons. The van der Waals surface area contributed by atoms with Crippen LogP contribution in [-0.2, 0) is 14.8 Å². The predicted octanol–water partition coefficient (Wildman–Crippen LogP) is 1.97. The topological polar surface area (TPSA) is 57.7 Å². The third kappa shape index (κ3) is 3.42. The maximum atomic E-state index is 13.8. The molecule has 1 aliphatic rings. The molecule has 1 aliphatic heterocycles. The van der Waals surface area contributed by atoms with Crippen LogP contribution in [0.25, 0.3) is 0 Å². The molecule has 0 bridgehead atoms. The molecule has 5 nitrogen and oxygen atoms in total. The quantitative estimate of drug-likeness (QED) is 0.839. The average Bonchev–Trinajstić information content (AvgIpc) is 2.48. The fourth-order valence-electron chi connectivity index (χ4n) is 2.33. The van der Waals surface area contributed by atoms with Crippen LogP contribution in [-0.4, -0.2) is 49.7 Å². The molecule has 1 amide bonds. The van der Waals surface area contributed by atoms with Crippen molar-refractivity contribution in [3.63, 3.8) is 0 Å². The minimum Gasteiger partial charge on any atom is -0.340 e. The van der Waals surface area contributed by atoms with E-state index in [2.05, 4.69) is 0 Å². The second-order valence-corrected chi connectivity index (χ2v) is 7.80. The van der Waals surface area contributed by atoms with Crippen molar-refractivity contribution in [3.05, 3.63) is 29.0 Å². The highest BCUT2D eigenvalue weighted by atomic mass is 35.5. The van der Waals surface area contributed by atoms with Crippen LogP contribution in [0.1, 0.15) is 13.8 Å². The van der Waals surface area contributed by atoms with Crippen molar-refractivity contribution >= 4 is 27.5 Å². The molecule has 2 rings (SSSR count). The number of halogens is 2. The summed E-state index contributed by atoms with van der Waals surface area (Å²) >= 11 is 5.76. The van der Waals surface area contributed by atoms with Crippen molar-refractivity contribution in [2.75, 3.05) is 26.2 Å². The zero-order chi connectivity index (χ0) is 16.5. The highest BCUT2D eigenvalue weighted by Gasteiger charge is 2.32. The van der Waals surface area contributed by atoms with Crippen LogP contribution in [0.5, 0.6) is 0 Å². The Labute approximate surface area is 134 Å². The third-order valence-electron chi connectivity index (χ3n) is 3.56. The number of amides is 1. The van der Waals surface area contributed by atoms with Gasteiger partial charge >= 0.3 is 0 Å². The fourth-order valence-corrected chi connectivity index (χ4v) is 4.08. The molecular formula is C14H18ClFN2O3S. The van der Waals surface area contributed by atoms with E-state index in [1.807, 2.05) is 0 Å². The third-order valence-corrected chi connectivity index (χ3v) is 5.70. The molecule has 1 saturated heterocycles. The Hall–Kier alpha value is -1.18. The Kier molecular flexibility index (Phi) is 5.09. The van der Waals surface area contributed by atoms with Crippen molar-refractivity contribution in [1.82, 2.24) is 9.21 Å². The van der Waals surface area contributed by atoms with Gasteiger partial charge in [-0.3, -0.25) is 4.79 Å². The number of hydrogen-bond acceptors (Lipinski definition) is 3. The van der Waals surface area contributed by atoms with E-state index in [-0.39, 0.29) is 29.9 Å². The Bertz CT molecular complexity index is 671. The summed E-state index contributed by atoms with van der Waals surface area (Å²) in [4.78, 5) is 13.1. The van der Waals surface area contributed by atoms with Crippen molar-refractivity contribution < 1.29 is 17.6 Å². The molecule has 0 N–H and O–H groups in total. The van der Waals surface area contributed by atoms with Crippen LogP contribution in [0.3, 0.4) is 0 Å². The van der Waals surface area contributed by atoms with Crippen molar-refractivity contribution in [2.24, 2.45) is 5.92 Å². The molecule has 1 aromatic rings. The van der Waals surface area contributed by atoms with Gasteiger partial charge in [-0.05, 0) is 18.2 Å². The van der Waals surface area contributed by atoms with E-state index in [4.69, 9.17) is 11.6 Å². The van der Waals surface area contributed by atoms with Crippen LogP contribution < -0.4 is 0 Å². The Morgan fingerprint density at radius 3 is 2.36 bits per heavy atom. The molecule has 0 saturated carbocycles. The first-order valence-electron chi connectivity index (χ1n) is 6.97. The standard InChI is InChI=1S/C14H18ClFN2O3S/c1-10(2)14(19)17-5-7-18(8-6-17)22(20,21)13-9-11(15)3-4-12(13)16/h3-4,9-10H,5-8H2,1-2H3. The summed E-state index contributed by atoms with van der Waals surface area (Å²) in [6.07, 6.45) is 0. The molecule has 1 fully saturated rings. The Morgan fingerprint density at radius 2 is 1.82 bits per heavy atom. The van der Waals surface area contributed by atoms with Gasteiger partial charge in [0, 0.05) is 37.1 Å². The number of sulfonamides is 1. The van der Waals surface area contributed by atoms with Gasteiger partial charge in [0.1, 0.15) is 10.7 Å². The minimum atomic E-state index is -3.95. The van der Waals surface area contributed by atoms with Crippen LogP contribution in [0.15, 0.2) is 23.1 Å². The summed E-state index contributed by atoms with van der Waals surface area (Å²) in [7, 11) is -3.95. The molecule has 0 aromatic heterocycles. The summed E-state index contributed by atoms with van der Waals surface area (Å²) in [5.41, 5.74) is 0. The molecule has 0 atom stereocenters. The Balaban J connectivity index is 2.16. The van der Waals surface area contributed by atoms with E-state index < -0.39 is 20.7 Å². The van der Waals surface area contributed by atoms with E-state index >= 15 is 0 Å². The molecule has 1 heterocycles. The highest BCUT2D eigenvalue weighted by molar-refractivity contribution is 7.89. The largest absolute Gasteiger partial charge is 0.340 e. The maximum Gasteiger partial charge on any atom is 0.246 e. The van der Waals surface area contributed by atoms with Gasteiger partial charge in [-0.2, -0.15) is 4.31 Å². The molecule has 0 radical (unpaired) electrons. The number of benzene rings is 1. The van der Waals surface area contributed by atoms with Gasteiger partial charge in [0.25, 0.3) is 0 Å². The van der Waals surface area contributed by atoms with Crippen LogP contribution in [0.2, 0.25) is 5.02 Å². The molecule has 22 heavy (non-hydrogen) atoms. The van der Waals surface area contributed by atoms with Gasteiger partial charge in [0.2, 0.25) is 15.9 Å². The monoisotopic (exact) mass is 348 g/mol. The number of nitrogens with zero attached hydrogens (tertiary/aromatic N) is 2. The highest BCUT2D eigenvalue weighted by Crippen LogP contribution is 2.24. The zero-order valence-corrected chi connectivity index (χ0v) is 14.0. The lowest BCUT2D eigenvalue weighted by atomic mass is 10.2. The fraction of sp³-hybridized carbons (Fsp3) is 0.500. The van der Waals surface area contributed by atoms with E-state index in [0.717, 1.165) is 12.1 Å². The summed E-state index contributed by atoms with van der Waals surface area (Å²) < 4.78 is 40.0. The Morgan fingerprint density at radius 1 is 1.23 bits per heavy atom. The predicted molar refractivity (Wildman–Crippen MR) is 81.6 cm³/mol. The summed E-state index contributed by atoms with van der Waals surface area (Å²) in [6, 6.07) is 3.45. The number of hydrogen-bond donors (Lipinski definition) is 0. The maximum absolute atomic E-state index is 13.8. The lowest BCUT2D eigenvalue weighted by molar-refractivity contribution is -0.135. The molecular weight excluding hydrogens is 331 g/mol. The first-order valence-corrected chi connectivity index (χ1v) is 8.79. The summed E-state index contributed by atoms with van der Waals surface area (Å²) in [5.74, 6) is -0.968. The number of carbonyl (C=O) groups excluding carboxylic acids is 1.